The van der Waals surface area contributed by atoms with Crippen LogP contribution in [0.2, 0.25) is 0 Å². The van der Waals surface area contributed by atoms with E-state index >= 15 is 0 Å². The van der Waals surface area contributed by atoms with Gasteiger partial charge in [-0.3, -0.25) is 4.79 Å². The standard InChI is InChI=1S/C12H24N2O4/c1-8(2)9(6-13-7-10(15)16)14-11(17)18-12(3,4)5/h8-9,13H,6-7H2,1-5H3,(H,14,17)(H,15,16)/t9-/m1/s1. The minimum atomic E-state index is -0.922. The second-order valence-electron chi connectivity index (χ2n) is 5.52. The molecule has 0 bridgehead atoms. The highest BCUT2D eigenvalue weighted by Gasteiger charge is 2.21. The summed E-state index contributed by atoms with van der Waals surface area (Å²) >= 11 is 0. The number of rotatable bonds is 6. The van der Waals surface area contributed by atoms with Crippen LogP contribution in [0.4, 0.5) is 4.79 Å². The van der Waals surface area contributed by atoms with E-state index in [1.807, 2.05) is 13.8 Å². The van der Waals surface area contributed by atoms with Gasteiger partial charge in [0.25, 0.3) is 0 Å². The van der Waals surface area contributed by atoms with Gasteiger partial charge in [0.1, 0.15) is 5.60 Å². The molecule has 18 heavy (non-hydrogen) atoms. The molecule has 0 radical (unpaired) electrons. The molecule has 0 spiro atoms. The summed E-state index contributed by atoms with van der Waals surface area (Å²) in [4.78, 5) is 22.0. The van der Waals surface area contributed by atoms with Crippen molar-refractivity contribution >= 4 is 12.1 Å². The third-order valence-corrected chi connectivity index (χ3v) is 2.15. The Morgan fingerprint density at radius 2 is 1.83 bits per heavy atom. The van der Waals surface area contributed by atoms with Crippen molar-refractivity contribution in [2.75, 3.05) is 13.1 Å². The van der Waals surface area contributed by atoms with E-state index in [1.165, 1.54) is 0 Å². The van der Waals surface area contributed by atoms with Crippen molar-refractivity contribution in [3.05, 3.63) is 0 Å². The van der Waals surface area contributed by atoms with Gasteiger partial charge >= 0.3 is 12.1 Å². The third-order valence-electron chi connectivity index (χ3n) is 2.15. The van der Waals surface area contributed by atoms with Crippen molar-refractivity contribution < 1.29 is 19.4 Å². The summed E-state index contributed by atoms with van der Waals surface area (Å²) in [5.74, 6) is -0.742. The first-order valence-corrected chi connectivity index (χ1v) is 6.04. The highest BCUT2D eigenvalue weighted by Crippen LogP contribution is 2.08. The van der Waals surface area contributed by atoms with Crippen molar-refractivity contribution in [2.45, 2.75) is 46.3 Å². The van der Waals surface area contributed by atoms with Gasteiger partial charge in [0.15, 0.2) is 0 Å². The number of aliphatic carboxylic acids is 1. The Hall–Kier alpha value is -1.30. The first-order chi connectivity index (χ1) is 8.11. The molecule has 0 aromatic carbocycles. The van der Waals surface area contributed by atoms with Crippen molar-refractivity contribution in [2.24, 2.45) is 5.92 Å². The van der Waals surface area contributed by atoms with Crippen molar-refractivity contribution in [3.63, 3.8) is 0 Å². The van der Waals surface area contributed by atoms with Crippen LogP contribution in [0.25, 0.3) is 0 Å². The van der Waals surface area contributed by atoms with Crippen molar-refractivity contribution in [1.82, 2.24) is 10.6 Å². The molecular formula is C12H24N2O4. The van der Waals surface area contributed by atoms with E-state index in [9.17, 15) is 9.59 Å². The molecule has 0 aliphatic rings. The molecule has 1 amide bonds. The van der Waals surface area contributed by atoms with Crippen LogP contribution in [0.1, 0.15) is 34.6 Å². The Labute approximate surface area is 108 Å². The lowest BCUT2D eigenvalue weighted by molar-refractivity contribution is -0.135. The molecular weight excluding hydrogens is 236 g/mol. The summed E-state index contributed by atoms with van der Waals surface area (Å²) in [7, 11) is 0. The molecule has 0 saturated heterocycles. The number of hydrogen-bond donors (Lipinski definition) is 3. The number of carbonyl (C=O) groups excluding carboxylic acids is 1. The summed E-state index contributed by atoms with van der Waals surface area (Å²) in [6, 6.07) is -0.167. The molecule has 0 aromatic heterocycles. The third kappa shape index (κ3) is 8.81. The largest absolute Gasteiger partial charge is 0.480 e. The zero-order chi connectivity index (χ0) is 14.3. The molecule has 6 heteroatoms. The van der Waals surface area contributed by atoms with Gasteiger partial charge in [-0.1, -0.05) is 13.8 Å². The fourth-order valence-corrected chi connectivity index (χ4v) is 1.25. The van der Waals surface area contributed by atoms with Gasteiger partial charge in [-0.05, 0) is 26.7 Å². The number of amides is 1. The summed E-state index contributed by atoms with van der Waals surface area (Å²) in [5.41, 5.74) is -0.542. The Kier molecular flexibility index (Phi) is 6.68. The molecule has 0 aliphatic heterocycles. The minimum absolute atomic E-state index is 0.126. The lowest BCUT2D eigenvalue weighted by Gasteiger charge is -2.25. The molecule has 0 aliphatic carbocycles. The zero-order valence-electron chi connectivity index (χ0n) is 11.7. The number of carbonyl (C=O) groups is 2. The summed E-state index contributed by atoms with van der Waals surface area (Å²) in [6.07, 6.45) is -0.488. The lowest BCUT2D eigenvalue weighted by atomic mass is 10.0. The summed E-state index contributed by atoms with van der Waals surface area (Å²) in [5, 5.41) is 14.0. The quantitative estimate of drug-likeness (QED) is 0.668. The van der Waals surface area contributed by atoms with Crippen molar-refractivity contribution in [3.8, 4) is 0 Å². The summed E-state index contributed by atoms with van der Waals surface area (Å²) < 4.78 is 5.15. The van der Waals surface area contributed by atoms with Crippen molar-refractivity contribution in [1.29, 1.82) is 0 Å². The maximum Gasteiger partial charge on any atom is 0.407 e. The van der Waals surface area contributed by atoms with E-state index in [-0.39, 0.29) is 18.5 Å². The topological polar surface area (TPSA) is 87.7 Å². The van der Waals surface area contributed by atoms with Gasteiger partial charge in [-0.2, -0.15) is 0 Å². The number of alkyl carbamates (subject to hydrolysis) is 1. The average molecular weight is 260 g/mol. The van der Waals surface area contributed by atoms with Gasteiger partial charge in [0.05, 0.1) is 6.54 Å². The maximum atomic E-state index is 11.6. The van der Waals surface area contributed by atoms with E-state index in [4.69, 9.17) is 9.84 Å². The Morgan fingerprint density at radius 3 is 2.22 bits per heavy atom. The summed E-state index contributed by atoms with van der Waals surface area (Å²) in [6.45, 7) is 9.54. The normalized spacial score (nSPS) is 13.2. The van der Waals surface area contributed by atoms with Gasteiger partial charge in [0, 0.05) is 12.6 Å². The van der Waals surface area contributed by atoms with E-state index in [1.54, 1.807) is 20.8 Å². The first-order valence-electron chi connectivity index (χ1n) is 6.04. The average Bonchev–Trinajstić information content (AvgIpc) is 2.12. The van der Waals surface area contributed by atoms with Crippen LogP contribution >= 0.6 is 0 Å². The highest BCUT2D eigenvalue weighted by molar-refractivity contribution is 5.69. The lowest BCUT2D eigenvalue weighted by Crippen LogP contribution is -2.47. The first kappa shape index (κ1) is 16.7. The molecule has 0 aromatic rings. The second kappa shape index (κ2) is 7.20. The molecule has 3 N–H and O–H groups in total. The van der Waals surface area contributed by atoms with Gasteiger partial charge in [-0.15, -0.1) is 0 Å². The van der Waals surface area contributed by atoms with Gasteiger partial charge in [0.2, 0.25) is 0 Å². The number of carboxylic acids is 1. The second-order valence-corrected chi connectivity index (χ2v) is 5.52. The van der Waals surface area contributed by atoms with Crippen LogP contribution in [-0.2, 0) is 9.53 Å². The minimum Gasteiger partial charge on any atom is -0.480 e. The van der Waals surface area contributed by atoms with E-state index in [0.717, 1.165) is 0 Å². The molecule has 0 rings (SSSR count). The van der Waals surface area contributed by atoms with Crippen LogP contribution in [0, 0.1) is 5.92 Å². The van der Waals surface area contributed by atoms with Gasteiger partial charge < -0.3 is 20.5 Å². The predicted octanol–water partition coefficient (Wildman–Crippen LogP) is 1.21. The van der Waals surface area contributed by atoms with E-state index in [0.29, 0.717) is 6.54 Å². The Balaban J connectivity index is 4.19. The molecule has 6 nitrogen and oxygen atoms in total. The molecule has 0 heterocycles. The Morgan fingerprint density at radius 1 is 1.28 bits per heavy atom. The number of hydrogen-bond acceptors (Lipinski definition) is 4. The number of nitrogens with one attached hydrogen (secondary N) is 2. The fourth-order valence-electron chi connectivity index (χ4n) is 1.25. The monoisotopic (exact) mass is 260 g/mol. The van der Waals surface area contributed by atoms with Crippen LogP contribution in [0.15, 0.2) is 0 Å². The smallest absolute Gasteiger partial charge is 0.407 e. The van der Waals surface area contributed by atoms with Gasteiger partial charge in [-0.25, -0.2) is 4.79 Å². The van der Waals surface area contributed by atoms with E-state index in [2.05, 4.69) is 10.6 Å². The molecule has 106 valence electrons. The predicted molar refractivity (Wildman–Crippen MR) is 68.5 cm³/mol. The number of carboxylic acid groups (broad SMARTS) is 1. The molecule has 0 unspecified atom stereocenters. The van der Waals surface area contributed by atoms with Crippen LogP contribution in [0.3, 0.4) is 0 Å². The fraction of sp³-hybridized carbons (Fsp3) is 0.833. The van der Waals surface area contributed by atoms with Crippen LogP contribution in [-0.4, -0.2) is 41.9 Å². The number of ether oxygens (including phenoxy) is 1. The maximum absolute atomic E-state index is 11.6. The van der Waals surface area contributed by atoms with E-state index < -0.39 is 17.7 Å². The Bertz CT molecular complexity index is 284. The highest BCUT2D eigenvalue weighted by atomic mass is 16.6. The molecule has 1 atom stereocenters. The zero-order valence-corrected chi connectivity index (χ0v) is 11.7. The van der Waals surface area contributed by atoms with Crippen LogP contribution in [0.5, 0.6) is 0 Å². The molecule has 0 fully saturated rings. The SMILES string of the molecule is CC(C)[C@@H](CNCC(=O)O)NC(=O)OC(C)(C)C. The van der Waals surface area contributed by atoms with Crippen LogP contribution < -0.4 is 10.6 Å². The molecule has 0 saturated carbocycles.